The summed E-state index contributed by atoms with van der Waals surface area (Å²) in [7, 11) is 0.431. The Labute approximate surface area is 181 Å². The first-order chi connectivity index (χ1) is 13.0. The number of rotatable bonds is 13. The Hall–Kier alpha value is 0.186. The molecule has 0 radical (unpaired) electrons. The molecule has 5 heteroatoms. The van der Waals surface area contributed by atoms with Crippen LogP contribution in [0.25, 0.3) is 0 Å². The van der Waals surface area contributed by atoms with Gasteiger partial charge in [0.05, 0.1) is 0 Å². The molecule has 0 saturated carbocycles. The number of nitrogens with zero attached hydrogens (tertiary/aromatic N) is 2. The Kier molecular flexibility index (Phi) is 10.8. The molecule has 1 aromatic rings. The first-order valence-corrected chi connectivity index (χ1v) is 22.1. The number of aryl methyl sites for hydroxylation is 1. The van der Waals surface area contributed by atoms with Gasteiger partial charge >= 0.3 is 182 Å². The van der Waals surface area contributed by atoms with Crippen LogP contribution in [0.3, 0.4) is 0 Å². The molecule has 0 unspecified atom stereocenters. The van der Waals surface area contributed by atoms with Gasteiger partial charge in [-0.1, -0.05) is 0 Å². The first-order valence-electron chi connectivity index (χ1n) is 11.7. The van der Waals surface area contributed by atoms with Crippen LogP contribution in [0, 0.1) is 0 Å². The summed E-state index contributed by atoms with van der Waals surface area (Å²) >= 11 is -2.44. The van der Waals surface area contributed by atoms with E-state index in [1.165, 1.54) is 55.5 Å². The van der Waals surface area contributed by atoms with E-state index in [1.54, 1.807) is 0 Å². The van der Waals surface area contributed by atoms with Crippen LogP contribution in [0.15, 0.2) is 6.20 Å². The molecule has 1 aromatic heterocycles. The summed E-state index contributed by atoms with van der Waals surface area (Å²) in [5.41, 5.74) is 0. The summed E-state index contributed by atoms with van der Waals surface area (Å²) in [5, 5.41) is 0.243. The normalized spacial score (nSPS) is 13.3. The molecule has 0 fully saturated rings. The topological polar surface area (TPSA) is 27.1 Å². The van der Waals surface area contributed by atoms with Crippen molar-refractivity contribution in [1.82, 2.24) is 9.55 Å². The van der Waals surface area contributed by atoms with Gasteiger partial charge in [-0.25, -0.2) is 0 Å². The Morgan fingerprint density at radius 1 is 0.964 bits per heavy atom. The number of unbranched alkanes of at least 4 members (excludes halogenated alkanes) is 3. The van der Waals surface area contributed by atoms with Crippen LogP contribution in [-0.2, 0) is 18.1 Å². The van der Waals surface area contributed by atoms with E-state index in [4.69, 9.17) is 9.41 Å². The average Bonchev–Trinajstić information content (AvgIpc) is 3.00. The van der Waals surface area contributed by atoms with Crippen molar-refractivity contribution in [3.63, 3.8) is 0 Å². The van der Waals surface area contributed by atoms with E-state index < -0.39 is 26.7 Å². The standard InChI is InChI=1S/C11H21N2OSi.3C4H9.Sn/c1-11(2,3)15(5,6)14-9-10-12-7-8-13(10)4;3*1-3-4-2;/h8H,9H2,1-6H3;3*1,3-4H2,2H3;. The van der Waals surface area contributed by atoms with Crippen LogP contribution in [0.1, 0.15) is 85.9 Å². The van der Waals surface area contributed by atoms with Crippen LogP contribution < -0.4 is 3.71 Å². The van der Waals surface area contributed by atoms with Gasteiger partial charge in [0.25, 0.3) is 0 Å². The molecule has 0 saturated heterocycles. The Morgan fingerprint density at radius 2 is 1.43 bits per heavy atom. The van der Waals surface area contributed by atoms with Gasteiger partial charge in [0.15, 0.2) is 0 Å². The Balaban J connectivity index is 3.12. The quantitative estimate of drug-likeness (QED) is 0.265. The Bertz CT molecular complexity index is 556. The van der Waals surface area contributed by atoms with E-state index in [0.29, 0.717) is 6.61 Å². The maximum absolute atomic E-state index is 6.51. The Morgan fingerprint density at radius 3 is 1.82 bits per heavy atom. The van der Waals surface area contributed by atoms with Crippen molar-refractivity contribution in [2.75, 3.05) is 0 Å². The van der Waals surface area contributed by atoms with Crippen LogP contribution in [0.4, 0.5) is 0 Å². The monoisotopic (exact) mass is 516 g/mol. The van der Waals surface area contributed by atoms with Gasteiger partial charge < -0.3 is 0 Å². The first kappa shape index (κ1) is 26.2. The van der Waals surface area contributed by atoms with Gasteiger partial charge in [-0.3, -0.25) is 0 Å². The molecule has 164 valence electrons. The maximum atomic E-state index is 6.51. The van der Waals surface area contributed by atoms with Crippen molar-refractivity contribution in [3.8, 4) is 0 Å². The van der Waals surface area contributed by atoms with Gasteiger partial charge in [0, 0.05) is 0 Å². The summed E-state index contributed by atoms with van der Waals surface area (Å²) in [6.45, 7) is 19.3. The predicted octanol–water partition coefficient (Wildman–Crippen LogP) is 7.00. The summed E-state index contributed by atoms with van der Waals surface area (Å²) in [6, 6.07) is 0. The molecule has 3 nitrogen and oxygen atoms in total. The minimum atomic E-state index is -2.44. The van der Waals surface area contributed by atoms with Crippen molar-refractivity contribution >= 4 is 30.4 Å². The van der Waals surface area contributed by atoms with Gasteiger partial charge in [-0.2, -0.15) is 0 Å². The van der Waals surface area contributed by atoms with Crippen molar-refractivity contribution < 1.29 is 4.43 Å². The summed E-state index contributed by atoms with van der Waals surface area (Å²) in [6.07, 6.45) is 10.5. The number of hydrogen-bond acceptors (Lipinski definition) is 2. The molecule has 0 amide bonds. The average molecular weight is 515 g/mol. The SMILES string of the molecule is CCC[CH2][Sn]([CH2]CCC)([CH2]CCC)[c]1cn(C)c(CO[Si](C)(C)C(C)(C)C)n1. The molecule has 1 rings (SSSR count). The second kappa shape index (κ2) is 11.5. The molecule has 0 aromatic carbocycles. The summed E-state index contributed by atoms with van der Waals surface area (Å²) in [4.78, 5) is 5.28. The van der Waals surface area contributed by atoms with Crippen molar-refractivity contribution in [3.05, 3.63) is 12.0 Å². The molecule has 28 heavy (non-hydrogen) atoms. The molecular weight excluding hydrogens is 467 g/mol. The predicted molar refractivity (Wildman–Crippen MR) is 130 cm³/mol. The zero-order chi connectivity index (χ0) is 21.4. The van der Waals surface area contributed by atoms with Crippen LogP contribution in [-0.4, -0.2) is 36.2 Å². The second-order valence-corrected chi connectivity index (χ2v) is 28.2. The summed E-state index contributed by atoms with van der Waals surface area (Å²) < 4.78 is 14.7. The second-order valence-electron chi connectivity index (χ2n) is 10.3. The van der Waals surface area contributed by atoms with Gasteiger partial charge in [0.1, 0.15) is 0 Å². The van der Waals surface area contributed by atoms with E-state index in [-0.39, 0.29) is 5.04 Å². The van der Waals surface area contributed by atoms with Crippen LogP contribution >= 0.6 is 0 Å². The third-order valence-corrected chi connectivity index (χ3v) is 26.4. The fourth-order valence-corrected chi connectivity index (χ4v) is 20.1. The van der Waals surface area contributed by atoms with E-state index in [2.05, 4.69) is 72.4 Å². The van der Waals surface area contributed by atoms with E-state index in [9.17, 15) is 0 Å². The van der Waals surface area contributed by atoms with E-state index >= 15 is 0 Å². The molecule has 0 atom stereocenters. The van der Waals surface area contributed by atoms with Crippen LogP contribution in [0.2, 0.25) is 31.4 Å². The molecular formula is C23H48N2OSiSn. The molecule has 0 aliphatic rings. The third kappa shape index (κ3) is 7.15. The van der Waals surface area contributed by atoms with E-state index in [0.717, 1.165) is 5.82 Å². The molecule has 0 aliphatic heterocycles. The zero-order valence-corrected chi connectivity index (χ0v) is 24.3. The molecule has 0 aliphatic carbocycles. The zero-order valence-electron chi connectivity index (χ0n) is 20.5. The third-order valence-electron chi connectivity index (χ3n) is 6.91. The molecule has 1 heterocycles. The number of hydrogen-bond donors (Lipinski definition) is 0. The molecule has 0 spiro atoms. The van der Waals surface area contributed by atoms with Crippen LogP contribution in [0.5, 0.6) is 0 Å². The molecule has 0 bridgehead atoms. The number of imidazole rings is 1. The van der Waals surface area contributed by atoms with Gasteiger partial charge in [-0.15, -0.1) is 0 Å². The van der Waals surface area contributed by atoms with Gasteiger partial charge in [-0.05, 0) is 0 Å². The minimum absolute atomic E-state index is 0.243. The number of aromatic nitrogens is 2. The van der Waals surface area contributed by atoms with Crippen molar-refractivity contribution in [1.29, 1.82) is 0 Å². The fraction of sp³-hybridized carbons (Fsp3) is 0.870. The van der Waals surface area contributed by atoms with Crippen molar-refractivity contribution in [2.45, 2.75) is 118 Å². The summed E-state index contributed by atoms with van der Waals surface area (Å²) in [5.74, 6) is 1.14. The van der Waals surface area contributed by atoms with Gasteiger partial charge in [0.2, 0.25) is 0 Å². The van der Waals surface area contributed by atoms with Crippen molar-refractivity contribution in [2.24, 2.45) is 7.05 Å². The molecule has 0 N–H and O–H groups in total. The fourth-order valence-electron chi connectivity index (χ4n) is 3.66. The van der Waals surface area contributed by atoms with E-state index in [1.807, 2.05) is 0 Å².